The Kier molecular flexibility index (Phi) is 4.06. The Morgan fingerprint density at radius 3 is 2.45 bits per heavy atom. The molecule has 4 heteroatoms. The molecule has 0 N–H and O–H groups in total. The van der Waals surface area contributed by atoms with Crippen molar-refractivity contribution in [2.45, 2.75) is 37.1 Å². The summed E-state index contributed by atoms with van der Waals surface area (Å²) in [7, 11) is -1.77. The first-order valence-corrected chi connectivity index (χ1v) is 9.06. The van der Waals surface area contributed by atoms with Crippen LogP contribution in [0.5, 0.6) is 0 Å². The third kappa shape index (κ3) is 2.69. The maximum atomic E-state index is 12.9. The quantitative estimate of drug-likeness (QED) is 0.866. The minimum absolute atomic E-state index is 0.0729. The van der Waals surface area contributed by atoms with E-state index < -0.39 is 10.0 Å². The number of hydrogen-bond donors (Lipinski definition) is 0. The van der Waals surface area contributed by atoms with Gasteiger partial charge in [-0.25, -0.2) is 8.42 Å². The zero-order chi connectivity index (χ0) is 15.7. The van der Waals surface area contributed by atoms with Crippen molar-refractivity contribution in [3.05, 3.63) is 65.2 Å². The summed E-state index contributed by atoms with van der Waals surface area (Å²) in [6.45, 7) is 1.96. The van der Waals surface area contributed by atoms with Crippen molar-refractivity contribution in [3.8, 4) is 0 Å². The number of fused-ring (bicyclic) bond motifs is 1. The number of benzene rings is 2. The molecule has 0 bridgehead atoms. The number of rotatable bonds is 3. The molecular weight excluding hydrogens is 294 g/mol. The SMILES string of the molecule is Cc1ccc(S(=O)(=O)N(C)[C@@H]2CCCc3ccccc32)cc1. The summed E-state index contributed by atoms with van der Waals surface area (Å²) in [4.78, 5) is 0.364. The zero-order valence-electron chi connectivity index (χ0n) is 13.0. The van der Waals surface area contributed by atoms with Gasteiger partial charge in [0.1, 0.15) is 0 Å². The summed E-state index contributed by atoms with van der Waals surface area (Å²) in [6, 6.07) is 15.2. The van der Waals surface area contributed by atoms with Crippen LogP contribution in [0.4, 0.5) is 0 Å². The number of nitrogens with zero attached hydrogens (tertiary/aromatic N) is 1. The Hall–Kier alpha value is -1.65. The molecule has 0 aromatic heterocycles. The maximum absolute atomic E-state index is 12.9. The van der Waals surface area contributed by atoms with Gasteiger partial charge in [0, 0.05) is 13.1 Å². The van der Waals surface area contributed by atoms with Gasteiger partial charge in [0.05, 0.1) is 4.90 Å². The summed E-state index contributed by atoms with van der Waals surface area (Å²) in [5.74, 6) is 0. The number of sulfonamides is 1. The molecule has 0 unspecified atom stereocenters. The lowest BCUT2D eigenvalue weighted by atomic mass is 9.88. The molecule has 3 nitrogen and oxygen atoms in total. The smallest absolute Gasteiger partial charge is 0.207 e. The molecule has 1 aliphatic rings. The molecule has 0 amide bonds. The van der Waals surface area contributed by atoms with Gasteiger partial charge in [0.15, 0.2) is 0 Å². The second-order valence-electron chi connectivity index (χ2n) is 5.94. The van der Waals surface area contributed by atoms with Crippen LogP contribution in [0.2, 0.25) is 0 Å². The summed E-state index contributed by atoms with van der Waals surface area (Å²) >= 11 is 0. The van der Waals surface area contributed by atoms with Crippen LogP contribution >= 0.6 is 0 Å². The molecule has 3 rings (SSSR count). The van der Waals surface area contributed by atoms with Gasteiger partial charge in [0.25, 0.3) is 0 Å². The second kappa shape index (κ2) is 5.86. The Balaban J connectivity index is 1.97. The normalized spacial score (nSPS) is 18.2. The number of aryl methyl sites for hydroxylation is 2. The van der Waals surface area contributed by atoms with E-state index in [1.165, 1.54) is 9.87 Å². The highest BCUT2D eigenvalue weighted by Crippen LogP contribution is 2.36. The molecule has 2 aromatic carbocycles. The number of hydrogen-bond acceptors (Lipinski definition) is 2. The van der Waals surface area contributed by atoms with Crippen LogP contribution in [0.1, 0.15) is 35.6 Å². The molecule has 116 valence electrons. The fraction of sp³-hybridized carbons (Fsp3) is 0.333. The molecule has 0 saturated carbocycles. The van der Waals surface area contributed by atoms with Gasteiger partial charge in [-0.2, -0.15) is 4.31 Å². The maximum Gasteiger partial charge on any atom is 0.243 e. The molecule has 1 aliphatic carbocycles. The molecule has 0 spiro atoms. The highest BCUT2D eigenvalue weighted by molar-refractivity contribution is 7.89. The lowest BCUT2D eigenvalue weighted by Crippen LogP contribution is -2.33. The average Bonchev–Trinajstić information content (AvgIpc) is 2.54. The second-order valence-corrected chi connectivity index (χ2v) is 7.94. The van der Waals surface area contributed by atoms with Gasteiger partial charge in [-0.15, -0.1) is 0 Å². The highest BCUT2D eigenvalue weighted by atomic mass is 32.2. The fourth-order valence-electron chi connectivity index (χ4n) is 3.15. The molecular formula is C18H21NO2S. The topological polar surface area (TPSA) is 37.4 Å². The molecule has 2 aromatic rings. The first kappa shape index (κ1) is 15.3. The third-order valence-corrected chi connectivity index (χ3v) is 6.36. The van der Waals surface area contributed by atoms with E-state index in [2.05, 4.69) is 12.1 Å². The van der Waals surface area contributed by atoms with Crippen LogP contribution < -0.4 is 0 Å². The Morgan fingerprint density at radius 2 is 1.73 bits per heavy atom. The minimum atomic E-state index is -3.46. The van der Waals surface area contributed by atoms with Crippen molar-refractivity contribution in [3.63, 3.8) is 0 Å². The van der Waals surface area contributed by atoms with Gasteiger partial charge in [-0.05, 0) is 49.4 Å². The largest absolute Gasteiger partial charge is 0.243 e. The summed E-state index contributed by atoms with van der Waals surface area (Å²) in [6.07, 6.45) is 2.93. The van der Waals surface area contributed by atoms with E-state index in [0.29, 0.717) is 4.90 Å². The van der Waals surface area contributed by atoms with Gasteiger partial charge in [0.2, 0.25) is 10.0 Å². The van der Waals surface area contributed by atoms with Crippen LogP contribution in [0.25, 0.3) is 0 Å². The Bertz CT molecular complexity index is 766. The average molecular weight is 315 g/mol. The van der Waals surface area contributed by atoms with E-state index >= 15 is 0 Å². The van der Waals surface area contributed by atoms with E-state index in [4.69, 9.17) is 0 Å². The van der Waals surface area contributed by atoms with Crippen molar-refractivity contribution in [1.82, 2.24) is 4.31 Å². The first-order valence-electron chi connectivity index (χ1n) is 7.62. The standard InChI is InChI=1S/C18H21NO2S/c1-14-10-12-16(13-11-14)22(20,21)19(2)18-9-5-7-15-6-3-4-8-17(15)18/h3-4,6,8,10-13,18H,5,7,9H2,1-2H3/t18-/m1/s1. The van der Waals surface area contributed by atoms with Crippen molar-refractivity contribution < 1.29 is 8.42 Å². The van der Waals surface area contributed by atoms with Crippen LogP contribution in [0, 0.1) is 6.92 Å². The van der Waals surface area contributed by atoms with E-state index in [-0.39, 0.29) is 6.04 Å². The Labute approximate surface area is 132 Å². The van der Waals surface area contributed by atoms with E-state index in [0.717, 1.165) is 30.4 Å². The molecule has 0 saturated heterocycles. The lowest BCUT2D eigenvalue weighted by Gasteiger charge is -2.32. The predicted octanol–water partition coefficient (Wildman–Crippen LogP) is 3.69. The molecule has 22 heavy (non-hydrogen) atoms. The van der Waals surface area contributed by atoms with E-state index in [9.17, 15) is 8.42 Å². The molecule has 1 atom stereocenters. The van der Waals surface area contributed by atoms with Crippen LogP contribution in [0.3, 0.4) is 0 Å². The third-order valence-electron chi connectivity index (χ3n) is 4.47. The Morgan fingerprint density at radius 1 is 1.05 bits per heavy atom. The van der Waals surface area contributed by atoms with Crippen LogP contribution in [0.15, 0.2) is 53.4 Å². The predicted molar refractivity (Wildman–Crippen MR) is 88.2 cm³/mol. The molecule has 0 radical (unpaired) electrons. The molecule has 0 fully saturated rings. The van der Waals surface area contributed by atoms with Crippen molar-refractivity contribution >= 4 is 10.0 Å². The molecule has 0 heterocycles. The van der Waals surface area contributed by atoms with E-state index in [1.807, 2.05) is 31.2 Å². The summed E-state index contributed by atoms with van der Waals surface area (Å²) in [5.41, 5.74) is 3.47. The minimum Gasteiger partial charge on any atom is -0.207 e. The van der Waals surface area contributed by atoms with Gasteiger partial charge in [-0.3, -0.25) is 0 Å². The van der Waals surface area contributed by atoms with Crippen LogP contribution in [-0.2, 0) is 16.4 Å². The molecule has 0 aliphatic heterocycles. The monoisotopic (exact) mass is 315 g/mol. The highest BCUT2D eigenvalue weighted by Gasteiger charge is 2.31. The van der Waals surface area contributed by atoms with Gasteiger partial charge >= 0.3 is 0 Å². The van der Waals surface area contributed by atoms with E-state index in [1.54, 1.807) is 19.2 Å². The van der Waals surface area contributed by atoms with Crippen molar-refractivity contribution in [2.24, 2.45) is 0 Å². The van der Waals surface area contributed by atoms with Crippen LogP contribution in [-0.4, -0.2) is 19.8 Å². The van der Waals surface area contributed by atoms with Gasteiger partial charge in [-0.1, -0.05) is 42.0 Å². The van der Waals surface area contributed by atoms with Crippen molar-refractivity contribution in [2.75, 3.05) is 7.05 Å². The fourth-order valence-corrected chi connectivity index (χ4v) is 4.52. The summed E-state index contributed by atoms with van der Waals surface area (Å²) in [5, 5.41) is 0. The zero-order valence-corrected chi connectivity index (χ0v) is 13.8. The summed E-state index contributed by atoms with van der Waals surface area (Å²) < 4.78 is 27.3. The van der Waals surface area contributed by atoms with Gasteiger partial charge < -0.3 is 0 Å². The van der Waals surface area contributed by atoms with Crippen molar-refractivity contribution in [1.29, 1.82) is 0 Å². The lowest BCUT2D eigenvalue weighted by molar-refractivity contribution is 0.337. The first-order chi connectivity index (χ1) is 10.5.